The molecule has 3 rings (SSSR count). The third kappa shape index (κ3) is 1.26. The molecule has 5 nitrogen and oxygen atoms in total. The number of hydrogen-bond acceptors (Lipinski definition) is 5. The normalized spacial score (nSPS) is 32.7. The molecule has 0 aromatic heterocycles. The van der Waals surface area contributed by atoms with Gasteiger partial charge in [-0.3, -0.25) is 10.1 Å². The summed E-state index contributed by atoms with van der Waals surface area (Å²) in [4.78, 5) is 23.3. The second-order valence-electron chi connectivity index (χ2n) is 4.36. The fraction of sp³-hybridized carbons (Fsp3) is 0.333. The number of carbonyl (C=O) groups is 2. The molecule has 0 bridgehead atoms. The molecule has 0 saturated carbocycles. The summed E-state index contributed by atoms with van der Waals surface area (Å²) in [7, 11) is 1.28. The van der Waals surface area contributed by atoms with Crippen LogP contribution in [0.2, 0.25) is 5.02 Å². The highest BCUT2D eigenvalue weighted by atomic mass is 35.5. The van der Waals surface area contributed by atoms with Crippen molar-refractivity contribution in [2.45, 2.75) is 17.7 Å². The smallest absolute Gasteiger partial charge is 0.332 e. The van der Waals surface area contributed by atoms with Gasteiger partial charge in [-0.1, -0.05) is 23.7 Å². The molecule has 2 aliphatic rings. The van der Waals surface area contributed by atoms with Gasteiger partial charge in [0, 0.05) is 10.6 Å². The number of esters is 2. The Hall–Kier alpha value is -1.59. The second kappa shape index (κ2) is 3.46. The van der Waals surface area contributed by atoms with Gasteiger partial charge in [-0.05, 0) is 12.1 Å². The maximum atomic E-state index is 11.8. The Morgan fingerprint density at radius 1 is 1.44 bits per heavy atom. The van der Waals surface area contributed by atoms with E-state index in [1.165, 1.54) is 7.11 Å². The van der Waals surface area contributed by atoms with E-state index in [9.17, 15) is 9.59 Å². The molecular formula is C12H10ClNO4. The van der Waals surface area contributed by atoms with E-state index in [1.807, 2.05) is 0 Å². The molecule has 2 fully saturated rings. The van der Waals surface area contributed by atoms with Gasteiger partial charge in [0.15, 0.2) is 5.54 Å². The van der Waals surface area contributed by atoms with Gasteiger partial charge < -0.3 is 9.47 Å². The molecule has 2 saturated heterocycles. The molecule has 0 radical (unpaired) electrons. The standard InChI is InChI=1S/C12H10ClNO4/c1-17-10(16)11-6-9(15)18-12(11,14-11)7-2-4-8(13)5-3-7/h2-5,14H,6H2,1H3/t11-,12-/m0/s1. The predicted octanol–water partition coefficient (Wildman–Crippen LogP) is 0.955. The Labute approximate surface area is 108 Å². The van der Waals surface area contributed by atoms with Crippen molar-refractivity contribution in [1.29, 1.82) is 0 Å². The van der Waals surface area contributed by atoms with Gasteiger partial charge in [0.25, 0.3) is 0 Å². The van der Waals surface area contributed by atoms with E-state index in [0.717, 1.165) is 0 Å². The maximum absolute atomic E-state index is 11.8. The molecule has 1 aromatic rings. The van der Waals surface area contributed by atoms with Crippen molar-refractivity contribution in [3.63, 3.8) is 0 Å². The molecule has 6 heteroatoms. The van der Waals surface area contributed by atoms with Crippen molar-refractivity contribution >= 4 is 23.5 Å². The lowest BCUT2D eigenvalue weighted by Gasteiger charge is -2.12. The summed E-state index contributed by atoms with van der Waals surface area (Å²) in [6.07, 6.45) is -0.0255. The predicted molar refractivity (Wildman–Crippen MR) is 61.7 cm³/mol. The molecule has 0 aliphatic carbocycles. The summed E-state index contributed by atoms with van der Waals surface area (Å²) in [5, 5.41) is 3.52. The van der Waals surface area contributed by atoms with Crippen molar-refractivity contribution in [3.05, 3.63) is 34.9 Å². The third-order valence-electron chi connectivity index (χ3n) is 3.39. The molecule has 0 amide bonds. The van der Waals surface area contributed by atoms with Crippen LogP contribution < -0.4 is 5.32 Å². The first-order valence-electron chi connectivity index (χ1n) is 5.40. The van der Waals surface area contributed by atoms with E-state index >= 15 is 0 Å². The SMILES string of the molecule is COC(=O)[C@@]12CC(=O)O[C@]1(c1ccc(Cl)cc1)N2. The summed E-state index contributed by atoms with van der Waals surface area (Å²) >= 11 is 5.81. The maximum Gasteiger partial charge on any atom is 0.332 e. The van der Waals surface area contributed by atoms with Crippen LogP contribution in [0.25, 0.3) is 0 Å². The van der Waals surface area contributed by atoms with Gasteiger partial charge in [-0.2, -0.15) is 0 Å². The van der Waals surface area contributed by atoms with Crippen LogP contribution >= 0.6 is 11.6 Å². The first kappa shape index (κ1) is 11.5. The lowest BCUT2D eigenvalue weighted by atomic mass is 9.95. The Bertz CT molecular complexity index is 544. The summed E-state index contributed by atoms with van der Waals surface area (Å²) in [5.74, 6) is -0.919. The molecule has 18 heavy (non-hydrogen) atoms. The zero-order valence-corrected chi connectivity index (χ0v) is 10.3. The van der Waals surface area contributed by atoms with Crippen LogP contribution in [0, 0.1) is 0 Å². The lowest BCUT2D eigenvalue weighted by molar-refractivity contribution is -0.146. The summed E-state index contributed by atoms with van der Waals surface area (Å²) < 4.78 is 10.0. The van der Waals surface area contributed by atoms with Gasteiger partial charge in [0.1, 0.15) is 0 Å². The van der Waals surface area contributed by atoms with Gasteiger partial charge in [-0.25, -0.2) is 4.79 Å². The van der Waals surface area contributed by atoms with Crippen LogP contribution in [-0.4, -0.2) is 24.6 Å². The number of rotatable bonds is 2. The minimum atomic E-state index is -1.10. The molecule has 1 aromatic carbocycles. The van der Waals surface area contributed by atoms with E-state index in [-0.39, 0.29) is 6.42 Å². The minimum absolute atomic E-state index is 0.0255. The van der Waals surface area contributed by atoms with Crippen LogP contribution in [0.5, 0.6) is 0 Å². The molecular weight excluding hydrogens is 258 g/mol. The van der Waals surface area contributed by atoms with Crippen LogP contribution in [0.4, 0.5) is 0 Å². The number of fused-ring (bicyclic) bond motifs is 1. The van der Waals surface area contributed by atoms with E-state index in [4.69, 9.17) is 21.1 Å². The average molecular weight is 268 g/mol. The van der Waals surface area contributed by atoms with Crippen LogP contribution in [-0.2, 0) is 24.8 Å². The van der Waals surface area contributed by atoms with Gasteiger partial charge in [0.2, 0.25) is 5.72 Å². The molecule has 0 spiro atoms. The van der Waals surface area contributed by atoms with Crippen molar-refractivity contribution < 1.29 is 19.1 Å². The van der Waals surface area contributed by atoms with Crippen molar-refractivity contribution in [2.24, 2.45) is 0 Å². The fourth-order valence-electron chi connectivity index (χ4n) is 2.48. The number of ether oxygens (including phenoxy) is 2. The van der Waals surface area contributed by atoms with Crippen molar-refractivity contribution in [2.75, 3.05) is 7.11 Å². The zero-order valence-electron chi connectivity index (χ0n) is 9.53. The lowest BCUT2D eigenvalue weighted by Crippen LogP contribution is -2.31. The Kier molecular flexibility index (Phi) is 2.21. The third-order valence-corrected chi connectivity index (χ3v) is 3.64. The highest BCUT2D eigenvalue weighted by Gasteiger charge is 2.81. The molecule has 2 aliphatic heterocycles. The van der Waals surface area contributed by atoms with Crippen LogP contribution in [0.1, 0.15) is 12.0 Å². The largest absolute Gasteiger partial charge is 0.467 e. The quantitative estimate of drug-likeness (QED) is 0.638. The van der Waals surface area contributed by atoms with Gasteiger partial charge >= 0.3 is 11.9 Å². The highest BCUT2D eigenvalue weighted by Crippen LogP contribution is 2.56. The average Bonchev–Trinajstić information content (AvgIpc) is 2.89. The molecule has 1 N–H and O–H groups in total. The van der Waals surface area contributed by atoms with Crippen molar-refractivity contribution in [1.82, 2.24) is 5.32 Å². The van der Waals surface area contributed by atoms with Crippen LogP contribution in [0.15, 0.2) is 24.3 Å². The summed E-state index contributed by atoms with van der Waals surface area (Å²) in [5.41, 5.74) is -1.50. The van der Waals surface area contributed by atoms with Gasteiger partial charge in [0.05, 0.1) is 13.5 Å². The number of methoxy groups -OCH3 is 1. The first-order chi connectivity index (χ1) is 8.54. The second-order valence-corrected chi connectivity index (χ2v) is 4.80. The Morgan fingerprint density at radius 3 is 2.72 bits per heavy atom. The molecule has 2 heterocycles. The van der Waals surface area contributed by atoms with E-state index < -0.39 is 23.2 Å². The number of halogens is 1. The highest BCUT2D eigenvalue weighted by molar-refractivity contribution is 6.30. The summed E-state index contributed by atoms with van der Waals surface area (Å²) in [6, 6.07) is 6.80. The first-order valence-corrected chi connectivity index (χ1v) is 5.77. The van der Waals surface area contributed by atoms with E-state index in [0.29, 0.717) is 10.6 Å². The molecule has 94 valence electrons. The topological polar surface area (TPSA) is 74.5 Å². The number of hydrogen-bond donors (Lipinski definition) is 1. The van der Waals surface area contributed by atoms with E-state index in [2.05, 4.69) is 5.32 Å². The van der Waals surface area contributed by atoms with Crippen LogP contribution in [0.3, 0.4) is 0 Å². The Balaban J connectivity index is 2.03. The zero-order chi connectivity index (χ0) is 13.0. The summed E-state index contributed by atoms with van der Waals surface area (Å²) in [6.45, 7) is 0. The van der Waals surface area contributed by atoms with E-state index in [1.54, 1.807) is 24.3 Å². The molecule has 0 unspecified atom stereocenters. The Morgan fingerprint density at radius 2 is 2.11 bits per heavy atom. The number of carbonyl (C=O) groups excluding carboxylic acids is 2. The van der Waals surface area contributed by atoms with Gasteiger partial charge in [-0.15, -0.1) is 0 Å². The number of benzene rings is 1. The fourth-order valence-corrected chi connectivity index (χ4v) is 2.60. The number of nitrogens with one attached hydrogen (secondary N) is 1. The minimum Gasteiger partial charge on any atom is -0.467 e. The molecule has 2 atom stereocenters. The van der Waals surface area contributed by atoms with Crippen molar-refractivity contribution in [3.8, 4) is 0 Å². The monoisotopic (exact) mass is 267 g/mol.